The number of benzene rings is 3. The predicted molar refractivity (Wildman–Crippen MR) is 135 cm³/mol. The van der Waals surface area contributed by atoms with E-state index in [4.69, 9.17) is 0 Å². The molecule has 0 bridgehead atoms. The van der Waals surface area contributed by atoms with Gasteiger partial charge in [0, 0.05) is 17.5 Å². The van der Waals surface area contributed by atoms with Crippen molar-refractivity contribution in [2.24, 2.45) is 5.92 Å². The zero-order chi connectivity index (χ0) is 24.5. The van der Waals surface area contributed by atoms with Crippen molar-refractivity contribution in [3.8, 4) is 0 Å². The van der Waals surface area contributed by atoms with E-state index in [1.165, 1.54) is 0 Å². The number of para-hydroxylation sites is 1. The number of nitrogens with zero attached hydrogens (tertiary/aromatic N) is 2. The number of carbonyl (C=O) groups is 3. The van der Waals surface area contributed by atoms with Gasteiger partial charge in [-0.05, 0) is 35.7 Å². The maximum Gasteiger partial charge on any atom is 0.262 e. The van der Waals surface area contributed by atoms with E-state index in [1.54, 1.807) is 36.5 Å². The van der Waals surface area contributed by atoms with Crippen LogP contribution in [-0.2, 0) is 4.79 Å². The minimum absolute atomic E-state index is 0.0388. The SMILES string of the molecule is CC(C)[C@H](c1ccccc1)[C@@H](C(=O)Nc1cccc2cccnc12)N1C(=O)c2ccccc2C1=O. The van der Waals surface area contributed by atoms with Gasteiger partial charge in [0.2, 0.25) is 5.91 Å². The summed E-state index contributed by atoms with van der Waals surface area (Å²) in [5.74, 6) is -1.79. The largest absolute Gasteiger partial charge is 0.322 e. The summed E-state index contributed by atoms with van der Waals surface area (Å²) in [6.45, 7) is 3.99. The fraction of sp³-hybridized carbons (Fsp3) is 0.172. The molecular formula is C29H25N3O3. The van der Waals surface area contributed by atoms with Crippen molar-refractivity contribution in [1.82, 2.24) is 9.88 Å². The first-order valence-electron chi connectivity index (χ1n) is 11.6. The molecule has 174 valence electrons. The first-order valence-corrected chi connectivity index (χ1v) is 11.6. The number of nitrogens with one attached hydrogen (secondary N) is 1. The maximum absolute atomic E-state index is 14.0. The van der Waals surface area contributed by atoms with Crippen LogP contribution in [0.4, 0.5) is 5.69 Å². The van der Waals surface area contributed by atoms with Crippen LogP contribution in [0.5, 0.6) is 0 Å². The Kier molecular flexibility index (Phi) is 5.87. The summed E-state index contributed by atoms with van der Waals surface area (Å²) < 4.78 is 0. The molecule has 3 aromatic carbocycles. The van der Waals surface area contributed by atoms with Crippen molar-refractivity contribution in [3.05, 3.63) is 108 Å². The van der Waals surface area contributed by atoms with E-state index < -0.39 is 29.7 Å². The Morgan fingerprint density at radius 1 is 0.800 bits per heavy atom. The molecule has 0 spiro atoms. The maximum atomic E-state index is 14.0. The van der Waals surface area contributed by atoms with Gasteiger partial charge in [0.15, 0.2) is 0 Å². The lowest BCUT2D eigenvalue weighted by Gasteiger charge is -2.35. The predicted octanol–water partition coefficient (Wildman–Crippen LogP) is 5.28. The highest BCUT2D eigenvalue weighted by Gasteiger charge is 2.47. The van der Waals surface area contributed by atoms with Crippen LogP contribution in [0.1, 0.15) is 46.0 Å². The zero-order valence-corrected chi connectivity index (χ0v) is 19.5. The molecule has 3 amide bonds. The van der Waals surface area contributed by atoms with Gasteiger partial charge in [-0.15, -0.1) is 0 Å². The highest BCUT2D eigenvalue weighted by atomic mass is 16.2. The van der Waals surface area contributed by atoms with Gasteiger partial charge in [0.1, 0.15) is 6.04 Å². The molecule has 0 fully saturated rings. The normalized spacial score (nSPS) is 14.8. The Hall–Kier alpha value is -4.32. The minimum atomic E-state index is -1.05. The Bertz CT molecular complexity index is 1390. The lowest BCUT2D eigenvalue weighted by atomic mass is 9.81. The topological polar surface area (TPSA) is 79.4 Å². The summed E-state index contributed by atoms with van der Waals surface area (Å²) in [4.78, 5) is 46.6. The zero-order valence-electron chi connectivity index (χ0n) is 19.5. The fourth-order valence-electron chi connectivity index (χ4n) is 4.92. The van der Waals surface area contributed by atoms with Crippen molar-refractivity contribution in [2.45, 2.75) is 25.8 Å². The second-order valence-corrected chi connectivity index (χ2v) is 9.02. The molecule has 0 aliphatic carbocycles. The molecule has 1 aliphatic heterocycles. The Labute approximate surface area is 203 Å². The number of imide groups is 1. The van der Waals surface area contributed by atoms with Gasteiger partial charge >= 0.3 is 0 Å². The van der Waals surface area contributed by atoms with Gasteiger partial charge in [-0.1, -0.05) is 74.5 Å². The second-order valence-electron chi connectivity index (χ2n) is 9.02. The highest BCUT2D eigenvalue weighted by Crippen LogP contribution is 2.36. The van der Waals surface area contributed by atoms with E-state index in [0.717, 1.165) is 15.8 Å². The third-order valence-electron chi connectivity index (χ3n) is 6.51. The molecule has 0 saturated carbocycles. The molecule has 0 radical (unpaired) electrons. The van der Waals surface area contributed by atoms with E-state index in [2.05, 4.69) is 10.3 Å². The number of pyridine rings is 1. The molecule has 35 heavy (non-hydrogen) atoms. The first kappa shape index (κ1) is 22.5. The van der Waals surface area contributed by atoms with Crippen molar-refractivity contribution < 1.29 is 14.4 Å². The smallest absolute Gasteiger partial charge is 0.262 e. The summed E-state index contributed by atoms with van der Waals surface area (Å²) in [5.41, 5.74) is 2.70. The van der Waals surface area contributed by atoms with Crippen LogP contribution in [0.25, 0.3) is 10.9 Å². The Balaban J connectivity index is 1.62. The molecule has 1 aliphatic rings. The number of hydrogen-bond acceptors (Lipinski definition) is 4. The van der Waals surface area contributed by atoms with E-state index in [9.17, 15) is 14.4 Å². The molecule has 6 heteroatoms. The van der Waals surface area contributed by atoms with Crippen LogP contribution in [0, 0.1) is 5.92 Å². The number of hydrogen-bond donors (Lipinski definition) is 1. The fourth-order valence-corrected chi connectivity index (χ4v) is 4.92. The number of rotatable bonds is 6. The van der Waals surface area contributed by atoms with Crippen molar-refractivity contribution >= 4 is 34.3 Å². The standard InChI is InChI=1S/C29H25N3O3/c1-18(2)24(19-10-4-3-5-11-19)26(32-28(34)21-14-6-7-15-22(21)29(32)35)27(33)31-23-16-8-12-20-13-9-17-30-25(20)23/h3-18,24,26H,1-2H3,(H,31,33)/t24-,26+/m1/s1. The van der Waals surface area contributed by atoms with Gasteiger partial charge in [0.05, 0.1) is 22.3 Å². The van der Waals surface area contributed by atoms with Crippen LogP contribution in [0.3, 0.4) is 0 Å². The monoisotopic (exact) mass is 463 g/mol. The Morgan fingerprint density at radius 2 is 1.43 bits per heavy atom. The third-order valence-corrected chi connectivity index (χ3v) is 6.51. The third kappa shape index (κ3) is 3.97. The number of aromatic nitrogens is 1. The molecule has 6 nitrogen and oxygen atoms in total. The number of anilines is 1. The lowest BCUT2D eigenvalue weighted by molar-refractivity contribution is -0.121. The molecule has 0 unspecified atom stereocenters. The highest BCUT2D eigenvalue weighted by molar-refractivity contribution is 6.23. The van der Waals surface area contributed by atoms with E-state index in [1.807, 2.05) is 68.4 Å². The molecule has 5 rings (SSSR count). The summed E-state index contributed by atoms with van der Waals surface area (Å²) >= 11 is 0. The van der Waals surface area contributed by atoms with Gasteiger partial charge in [-0.3, -0.25) is 24.3 Å². The molecule has 2 heterocycles. The van der Waals surface area contributed by atoms with Crippen LogP contribution < -0.4 is 5.32 Å². The molecule has 0 saturated heterocycles. The molecular weight excluding hydrogens is 438 g/mol. The van der Waals surface area contributed by atoms with E-state index in [-0.39, 0.29) is 5.92 Å². The van der Waals surface area contributed by atoms with Gasteiger partial charge in [-0.2, -0.15) is 0 Å². The minimum Gasteiger partial charge on any atom is -0.322 e. The summed E-state index contributed by atoms with van der Waals surface area (Å²) in [6, 6.07) is 24.5. The molecule has 4 aromatic rings. The van der Waals surface area contributed by atoms with Gasteiger partial charge < -0.3 is 5.32 Å². The van der Waals surface area contributed by atoms with E-state index >= 15 is 0 Å². The van der Waals surface area contributed by atoms with Gasteiger partial charge in [-0.25, -0.2) is 0 Å². The number of carbonyl (C=O) groups excluding carboxylic acids is 3. The average molecular weight is 464 g/mol. The second kappa shape index (κ2) is 9.14. The van der Waals surface area contributed by atoms with Crippen LogP contribution in [0.15, 0.2) is 91.1 Å². The molecule has 2 atom stereocenters. The Morgan fingerprint density at radius 3 is 2.09 bits per heavy atom. The van der Waals surface area contributed by atoms with Crippen LogP contribution in [0.2, 0.25) is 0 Å². The van der Waals surface area contributed by atoms with Crippen molar-refractivity contribution in [2.75, 3.05) is 5.32 Å². The van der Waals surface area contributed by atoms with Crippen LogP contribution in [-0.4, -0.2) is 33.6 Å². The number of fused-ring (bicyclic) bond motifs is 2. The number of amides is 3. The van der Waals surface area contributed by atoms with Gasteiger partial charge in [0.25, 0.3) is 11.8 Å². The van der Waals surface area contributed by atoms with E-state index in [0.29, 0.717) is 22.3 Å². The average Bonchev–Trinajstić information content (AvgIpc) is 3.12. The summed E-state index contributed by atoms with van der Waals surface area (Å²) in [7, 11) is 0. The van der Waals surface area contributed by atoms with Crippen LogP contribution >= 0.6 is 0 Å². The summed E-state index contributed by atoms with van der Waals surface area (Å²) in [6.07, 6.45) is 1.67. The quantitative estimate of drug-likeness (QED) is 0.395. The lowest BCUT2D eigenvalue weighted by Crippen LogP contribution is -2.51. The van der Waals surface area contributed by atoms with Crippen molar-refractivity contribution in [3.63, 3.8) is 0 Å². The summed E-state index contributed by atoms with van der Waals surface area (Å²) in [5, 5.41) is 3.87. The molecule has 1 aromatic heterocycles. The molecule has 1 N–H and O–H groups in total. The first-order chi connectivity index (χ1) is 17.0. The van der Waals surface area contributed by atoms with Crippen molar-refractivity contribution in [1.29, 1.82) is 0 Å².